The van der Waals surface area contributed by atoms with Crippen LogP contribution in [0.1, 0.15) is 48.9 Å². The Morgan fingerprint density at radius 3 is 2.52 bits per heavy atom. The molecule has 2 amide bonds. The molecule has 4 N–H and O–H groups in total. The van der Waals surface area contributed by atoms with E-state index < -0.39 is 23.7 Å². The standard InChI is InChI=1S/C17H22N2O4/c18-15(20)12-7-4-8-13(10-12)19-16(21)14(17(22)23)9-11-5-2-1-3-6-11/h4,7-8,10-11,14H,1-3,5-6,9H2,(H2,18,20)(H,19,21)(H,22,23). The van der Waals surface area contributed by atoms with Crippen LogP contribution >= 0.6 is 0 Å². The molecule has 124 valence electrons. The van der Waals surface area contributed by atoms with Gasteiger partial charge in [-0.15, -0.1) is 0 Å². The zero-order valence-corrected chi connectivity index (χ0v) is 13.0. The second-order valence-corrected chi connectivity index (χ2v) is 6.06. The number of hydrogen-bond donors (Lipinski definition) is 3. The first-order chi connectivity index (χ1) is 11.0. The van der Waals surface area contributed by atoms with Crippen LogP contribution in [0.5, 0.6) is 0 Å². The molecule has 1 fully saturated rings. The Morgan fingerprint density at radius 2 is 1.91 bits per heavy atom. The number of benzene rings is 1. The van der Waals surface area contributed by atoms with Gasteiger partial charge in [0.25, 0.3) is 0 Å². The third-order valence-corrected chi connectivity index (χ3v) is 4.32. The largest absolute Gasteiger partial charge is 0.481 e. The van der Waals surface area contributed by atoms with Gasteiger partial charge in [0, 0.05) is 11.3 Å². The van der Waals surface area contributed by atoms with Crippen LogP contribution in [0.4, 0.5) is 5.69 Å². The van der Waals surface area contributed by atoms with Gasteiger partial charge in [0.05, 0.1) is 0 Å². The number of anilines is 1. The average molecular weight is 318 g/mol. The van der Waals surface area contributed by atoms with E-state index in [9.17, 15) is 19.5 Å². The van der Waals surface area contributed by atoms with Crippen molar-refractivity contribution >= 4 is 23.5 Å². The zero-order chi connectivity index (χ0) is 16.8. The van der Waals surface area contributed by atoms with Gasteiger partial charge < -0.3 is 16.2 Å². The summed E-state index contributed by atoms with van der Waals surface area (Å²) in [6, 6.07) is 6.17. The quantitative estimate of drug-likeness (QED) is 0.699. The lowest BCUT2D eigenvalue weighted by Gasteiger charge is -2.24. The summed E-state index contributed by atoms with van der Waals surface area (Å²) in [4.78, 5) is 34.9. The molecular formula is C17H22N2O4. The van der Waals surface area contributed by atoms with Crippen molar-refractivity contribution in [3.8, 4) is 0 Å². The number of primary amides is 1. The fourth-order valence-electron chi connectivity index (χ4n) is 3.06. The average Bonchev–Trinajstić information content (AvgIpc) is 2.53. The molecule has 1 atom stereocenters. The van der Waals surface area contributed by atoms with Crippen LogP contribution in [-0.2, 0) is 9.59 Å². The monoisotopic (exact) mass is 318 g/mol. The molecule has 0 radical (unpaired) electrons. The number of carboxylic acids is 1. The number of amides is 2. The molecule has 6 nitrogen and oxygen atoms in total. The molecule has 23 heavy (non-hydrogen) atoms. The van der Waals surface area contributed by atoms with Gasteiger partial charge in [-0.2, -0.15) is 0 Å². The highest BCUT2D eigenvalue weighted by Crippen LogP contribution is 2.29. The van der Waals surface area contributed by atoms with E-state index in [0.29, 0.717) is 12.1 Å². The summed E-state index contributed by atoms with van der Waals surface area (Å²) in [5.74, 6) is -3.05. The van der Waals surface area contributed by atoms with Crippen molar-refractivity contribution in [1.82, 2.24) is 0 Å². The summed E-state index contributed by atoms with van der Waals surface area (Å²) in [6.07, 6.45) is 5.69. The first-order valence-corrected chi connectivity index (χ1v) is 7.91. The van der Waals surface area contributed by atoms with Crippen molar-refractivity contribution in [2.24, 2.45) is 17.6 Å². The summed E-state index contributed by atoms with van der Waals surface area (Å²) in [6.45, 7) is 0. The predicted molar refractivity (Wildman–Crippen MR) is 85.9 cm³/mol. The first kappa shape index (κ1) is 17.0. The molecule has 1 saturated carbocycles. The number of rotatable bonds is 6. The summed E-state index contributed by atoms with van der Waals surface area (Å²) in [5.41, 5.74) is 5.84. The van der Waals surface area contributed by atoms with Crippen LogP contribution < -0.4 is 11.1 Å². The van der Waals surface area contributed by atoms with Crippen LogP contribution in [0, 0.1) is 11.8 Å². The van der Waals surface area contributed by atoms with Crippen LogP contribution in [0.2, 0.25) is 0 Å². The molecule has 0 spiro atoms. The topological polar surface area (TPSA) is 109 Å². The molecule has 1 aliphatic rings. The Bertz CT molecular complexity index is 594. The SMILES string of the molecule is NC(=O)c1cccc(NC(=O)C(CC2CCCCC2)C(=O)O)c1. The number of carboxylic acid groups (broad SMARTS) is 1. The first-order valence-electron chi connectivity index (χ1n) is 7.91. The molecule has 0 heterocycles. The summed E-state index contributed by atoms with van der Waals surface area (Å²) >= 11 is 0. The molecule has 0 bridgehead atoms. The van der Waals surface area contributed by atoms with Gasteiger partial charge in [-0.1, -0.05) is 38.2 Å². The van der Waals surface area contributed by atoms with Crippen molar-refractivity contribution in [1.29, 1.82) is 0 Å². The Labute approximate surface area is 135 Å². The van der Waals surface area contributed by atoms with Crippen LogP contribution in [0.25, 0.3) is 0 Å². The van der Waals surface area contributed by atoms with Gasteiger partial charge in [0.1, 0.15) is 5.92 Å². The number of hydrogen-bond acceptors (Lipinski definition) is 3. The van der Waals surface area contributed by atoms with E-state index in [-0.39, 0.29) is 11.5 Å². The van der Waals surface area contributed by atoms with Gasteiger partial charge in [0.2, 0.25) is 11.8 Å². The maximum Gasteiger partial charge on any atom is 0.316 e. The van der Waals surface area contributed by atoms with E-state index >= 15 is 0 Å². The van der Waals surface area contributed by atoms with Gasteiger partial charge in [-0.25, -0.2) is 0 Å². The molecular weight excluding hydrogens is 296 g/mol. The lowest BCUT2D eigenvalue weighted by Crippen LogP contribution is -2.32. The van der Waals surface area contributed by atoms with Crippen molar-refractivity contribution in [2.75, 3.05) is 5.32 Å². The van der Waals surface area contributed by atoms with Crippen LogP contribution in [0.15, 0.2) is 24.3 Å². The van der Waals surface area contributed by atoms with Crippen molar-refractivity contribution in [2.45, 2.75) is 38.5 Å². The minimum absolute atomic E-state index is 0.266. The van der Waals surface area contributed by atoms with Crippen molar-refractivity contribution in [3.05, 3.63) is 29.8 Å². The number of carbonyl (C=O) groups excluding carboxylic acids is 2. The summed E-state index contributed by atoms with van der Waals surface area (Å²) in [5, 5.41) is 11.9. The summed E-state index contributed by atoms with van der Waals surface area (Å²) < 4.78 is 0. The fourth-order valence-corrected chi connectivity index (χ4v) is 3.06. The van der Waals surface area contributed by atoms with E-state index in [1.165, 1.54) is 18.6 Å². The normalized spacial score (nSPS) is 16.5. The van der Waals surface area contributed by atoms with Crippen LogP contribution in [-0.4, -0.2) is 22.9 Å². The lowest BCUT2D eigenvalue weighted by atomic mass is 9.82. The predicted octanol–water partition coefficient (Wildman–Crippen LogP) is 2.40. The maximum atomic E-state index is 12.3. The molecule has 1 aliphatic carbocycles. The van der Waals surface area contributed by atoms with Crippen molar-refractivity contribution in [3.63, 3.8) is 0 Å². The molecule has 2 rings (SSSR count). The van der Waals surface area contributed by atoms with Gasteiger partial charge >= 0.3 is 5.97 Å². The minimum Gasteiger partial charge on any atom is -0.481 e. The zero-order valence-electron chi connectivity index (χ0n) is 13.0. The fraction of sp³-hybridized carbons (Fsp3) is 0.471. The Balaban J connectivity index is 2.04. The maximum absolute atomic E-state index is 12.3. The molecule has 6 heteroatoms. The molecule has 1 aromatic rings. The Morgan fingerprint density at radius 1 is 1.22 bits per heavy atom. The Hall–Kier alpha value is -2.37. The number of nitrogens with two attached hydrogens (primary N) is 1. The van der Waals surface area contributed by atoms with E-state index in [1.807, 2.05) is 0 Å². The number of nitrogens with one attached hydrogen (secondary N) is 1. The van der Waals surface area contributed by atoms with Gasteiger partial charge in [-0.3, -0.25) is 14.4 Å². The smallest absolute Gasteiger partial charge is 0.316 e. The summed E-state index contributed by atoms with van der Waals surface area (Å²) in [7, 11) is 0. The van der Waals surface area contributed by atoms with Gasteiger partial charge in [-0.05, 0) is 30.5 Å². The highest BCUT2D eigenvalue weighted by Gasteiger charge is 2.30. The van der Waals surface area contributed by atoms with Gasteiger partial charge in [0.15, 0.2) is 0 Å². The van der Waals surface area contributed by atoms with E-state index in [0.717, 1.165) is 25.7 Å². The molecule has 1 aromatic carbocycles. The van der Waals surface area contributed by atoms with E-state index in [2.05, 4.69) is 5.32 Å². The Kier molecular flexibility index (Phi) is 5.73. The second-order valence-electron chi connectivity index (χ2n) is 6.06. The minimum atomic E-state index is -1.11. The molecule has 0 saturated heterocycles. The molecule has 0 aliphatic heterocycles. The van der Waals surface area contributed by atoms with E-state index in [4.69, 9.17) is 5.73 Å². The third kappa shape index (κ3) is 4.81. The lowest BCUT2D eigenvalue weighted by molar-refractivity contribution is -0.146. The van der Waals surface area contributed by atoms with Crippen LogP contribution in [0.3, 0.4) is 0 Å². The number of aliphatic carboxylic acids is 1. The van der Waals surface area contributed by atoms with Crippen molar-refractivity contribution < 1.29 is 19.5 Å². The highest BCUT2D eigenvalue weighted by molar-refractivity contribution is 6.04. The van der Waals surface area contributed by atoms with E-state index in [1.54, 1.807) is 12.1 Å². The molecule has 0 aromatic heterocycles. The third-order valence-electron chi connectivity index (χ3n) is 4.32. The number of carbonyl (C=O) groups is 3. The second kappa shape index (κ2) is 7.76. The molecule has 1 unspecified atom stereocenters. The highest BCUT2D eigenvalue weighted by atomic mass is 16.4.